The van der Waals surface area contributed by atoms with Crippen molar-refractivity contribution in [1.29, 1.82) is 0 Å². The first kappa shape index (κ1) is 26.3. The van der Waals surface area contributed by atoms with Gasteiger partial charge in [-0.25, -0.2) is 13.9 Å². The summed E-state index contributed by atoms with van der Waals surface area (Å²) < 4.78 is 22.0. The minimum Gasteiger partial charge on any atom is -0.460 e. The van der Waals surface area contributed by atoms with Crippen LogP contribution in [0.2, 0.25) is 0 Å². The summed E-state index contributed by atoms with van der Waals surface area (Å²) in [6.07, 6.45) is 4.67. The molecular formula is C25H30FN7O3. The van der Waals surface area contributed by atoms with E-state index in [0.29, 0.717) is 22.6 Å². The number of aromatic nitrogens is 5. The third-order valence-corrected chi connectivity index (χ3v) is 5.01. The number of amides is 2. The van der Waals surface area contributed by atoms with Gasteiger partial charge in [0.05, 0.1) is 11.9 Å². The summed E-state index contributed by atoms with van der Waals surface area (Å²) in [6.45, 7) is 7.11. The van der Waals surface area contributed by atoms with Gasteiger partial charge in [0.1, 0.15) is 23.6 Å². The first-order chi connectivity index (χ1) is 17.2. The Kier molecular flexibility index (Phi) is 8.36. The zero-order valence-electron chi connectivity index (χ0n) is 21.2. The number of hydrogen-bond acceptors (Lipinski definition) is 6. The molecule has 1 aromatic carbocycles. The van der Waals surface area contributed by atoms with E-state index in [-0.39, 0.29) is 23.8 Å². The number of carbonyl (C=O) groups excluding carboxylic acids is 2. The summed E-state index contributed by atoms with van der Waals surface area (Å²) in [7, 11) is 3.28. The number of nitrogens with one attached hydrogen (secondary N) is 1. The number of rotatable bonds is 7. The number of fused-ring (bicyclic) bond motifs is 1. The lowest BCUT2D eigenvalue weighted by atomic mass is 10.1. The van der Waals surface area contributed by atoms with Crippen molar-refractivity contribution < 1.29 is 18.7 Å². The van der Waals surface area contributed by atoms with Crippen LogP contribution in [0, 0.1) is 6.92 Å². The maximum atomic E-state index is 13.7. The Morgan fingerprint density at radius 3 is 2.69 bits per heavy atom. The van der Waals surface area contributed by atoms with Crippen LogP contribution in [0.15, 0.2) is 49.1 Å². The van der Waals surface area contributed by atoms with E-state index in [1.807, 2.05) is 20.8 Å². The average molecular weight is 496 g/mol. The number of benzene rings is 1. The molecule has 0 aliphatic heterocycles. The Balaban J connectivity index is 0.00000176. The molecule has 0 spiro atoms. The van der Waals surface area contributed by atoms with Crippen LogP contribution in [0.5, 0.6) is 5.75 Å². The van der Waals surface area contributed by atoms with Gasteiger partial charge in [0.15, 0.2) is 5.65 Å². The van der Waals surface area contributed by atoms with Crippen molar-refractivity contribution in [3.63, 3.8) is 0 Å². The molecule has 0 saturated heterocycles. The average Bonchev–Trinajstić information content (AvgIpc) is 3.45. The lowest BCUT2D eigenvalue weighted by Gasteiger charge is -2.13. The maximum Gasteiger partial charge on any atom is 0.261 e. The van der Waals surface area contributed by atoms with Crippen molar-refractivity contribution in [2.45, 2.75) is 40.6 Å². The van der Waals surface area contributed by atoms with Crippen LogP contribution in [0.1, 0.15) is 36.7 Å². The van der Waals surface area contributed by atoms with E-state index >= 15 is 0 Å². The highest BCUT2D eigenvalue weighted by Gasteiger charge is 2.22. The number of hydrogen-bond donors (Lipinski definition) is 1. The van der Waals surface area contributed by atoms with E-state index in [9.17, 15) is 14.0 Å². The van der Waals surface area contributed by atoms with Gasteiger partial charge in [-0.15, -0.1) is 0 Å². The second-order valence-corrected chi connectivity index (χ2v) is 7.94. The van der Waals surface area contributed by atoms with Gasteiger partial charge in [-0.1, -0.05) is 25.5 Å². The van der Waals surface area contributed by atoms with Gasteiger partial charge in [-0.2, -0.15) is 10.2 Å². The lowest BCUT2D eigenvalue weighted by Crippen LogP contribution is -2.26. The molecule has 2 amide bonds. The molecule has 1 unspecified atom stereocenters. The number of likely N-dealkylation sites (N-methyl/N-ethyl adjacent to an activating group) is 1. The highest BCUT2D eigenvalue weighted by Crippen LogP contribution is 2.36. The van der Waals surface area contributed by atoms with Crippen LogP contribution in [0.25, 0.3) is 16.9 Å². The van der Waals surface area contributed by atoms with Crippen LogP contribution in [0.4, 0.5) is 10.1 Å². The molecule has 0 saturated carbocycles. The van der Waals surface area contributed by atoms with E-state index in [0.717, 1.165) is 5.56 Å². The number of nitrogens with zero attached hydrogens (tertiary/aromatic N) is 6. The highest BCUT2D eigenvalue weighted by atomic mass is 19.1. The molecule has 1 N–H and O–H groups in total. The minimum absolute atomic E-state index is 0.0460. The smallest absolute Gasteiger partial charge is 0.261 e. The van der Waals surface area contributed by atoms with Gasteiger partial charge >= 0.3 is 0 Å². The number of aryl methyl sites for hydroxylation is 1. The third kappa shape index (κ3) is 5.85. The third-order valence-electron chi connectivity index (χ3n) is 5.01. The van der Waals surface area contributed by atoms with Crippen molar-refractivity contribution in [3.8, 4) is 17.0 Å². The number of carbonyl (C=O) groups is 2. The quantitative estimate of drug-likeness (QED) is 0.416. The van der Waals surface area contributed by atoms with Crippen molar-refractivity contribution in [2.75, 3.05) is 19.4 Å². The molecule has 10 nitrogen and oxygen atoms in total. The number of alkyl halides is 1. The Hall–Kier alpha value is -4.28. The predicted molar refractivity (Wildman–Crippen MR) is 135 cm³/mol. The van der Waals surface area contributed by atoms with Crippen LogP contribution in [0.3, 0.4) is 0 Å². The number of halogens is 1. The molecule has 11 heteroatoms. The fourth-order valence-corrected chi connectivity index (χ4v) is 3.36. The maximum absolute atomic E-state index is 13.7. The SMILES string of the molecule is CC.Cc1ccc(OC(C)F)c(-c2nn(CC(=O)N(C)C)cc2NC(=O)c2cnn3cccnc23)c1. The van der Waals surface area contributed by atoms with E-state index < -0.39 is 12.3 Å². The Bertz CT molecular complexity index is 1360. The fourth-order valence-electron chi connectivity index (χ4n) is 3.36. The second-order valence-electron chi connectivity index (χ2n) is 7.94. The van der Waals surface area contributed by atoms with Gasteiger partial charge in [0.25, 0.3) is 5.91 Å². The summed E-state index contributed by atoms with van der Waals surface area (Å²) in [5.41, 5.74) is 2.69. The topological polar surface area (TPSA) is 107 Å². The van der Waals surface area contributed by atoms with Crippen molar-refractivity contribution in [1.82, 2.24) is 29.3 Å². The van der Waals surface area contributed by atoms with Crippen molar-refractivity contribution >= 4 is 23.1 Å². The lowest BCUT2D eigenvalue weighted by molar-refractivity contribution is -0.129. The zero-order chi connectivity index (χ0) is 26.4. The summed E-state index contributed by atoms with van der Waals surface area (Å²) in [6, 6.07) is 6.92. The molecule has 190 valence electrons. The first-order valence-corrected chi connectivity index (χ1v) is 11.5. The summed E-state index contributed by atoms with van der Waals surface area (Å²) in [5.74, 6) is -0.378. The van der Waals surface area contributed by atoms with Crippen molar-refractivity contribution in [2.24, 2.45) is 0 Å². The Morgan fingerprint density at radius 1 is 1.25 bits per heavy atom. The second kappa shape index (κ2) is 11.4. The van der Waals surface area contributed by atoms with E-state index in [2.05, 4.69) is 20.5 Å². The predicted octanol–water partition coefficient (Wildman–Crippen LogP) is 3.96. The van der Waals surface area contributed by atoms with Gasteiger partial charge in [0, 0.05) is 45.2 Å². The molecule has 3 aromatic heterocycles. The monoisotopic (exact) mass is 495 g/mol. The molecule has 1 atom stereocenters. The Labute approximate surface area is 208 Å². The molecule has 4 aromatic rings. The molecular weight excluding hydrogens is 465 g/mol. The Morgan fingerprint density at radius 2 is 2.00 bits per heavy atom. The van der Waals surface area contributed by atoms with Crippen molar-refractivity contribution in [3.05, 3.63) is 60.2 Å². The van der Waals surface area contributed by atoms with Gasteiger partial charge in [-0.3, -0.25) is 14.3 Å². The first-order valence-electron chi connectivity index (χ1n) is 11.5. The number of anilines is 1. The zero-order valence-corrected chi connectivity index (χ0v) is 21.2. The molecule has 0 radical (unpaired) electrons. The largest absolute Gasteiger partial charge is 0.460 e. The highest BCUT2D eigenvalue weighted by molar-refractivity contribution is 6.09. The molecule has 3 heterocycles. The van der Waals surface area contributed by atoms with Crippen LogP contribution in [-0.4, -0.2) is 61.5 Å². The molecule has 0 bridgehead atoms. The molecule has 0 aliphatic rings. The van der Waals surface area contributed by atoms with Gasteiger partial charge in [0.2, 0.25) is 12.3 Å². The number of ether oxygens (including phenoxy) is 1. The standard InChI is InChI=1S/C23H24FN7O3.C2H6/c1-14-6-7-19(34-15(2)24)16(10-14)21-18(12-30(28-21)13-20(32)29(3)4)27-23(33)17-11-26-31-9-5-8-25-22(17)31;1-2/h5-12,15H,13H2,1-4H3,(H,27,33);1-2H3. The minimum atomic E-state index is -1.55. The normalized spacial score (nSPS) is 11.4. The molecule has 0 aliphatic carbocycles. The van der Waals surface area contributed by atoms with Crippen LogP contribution in [-0.2, 0) is 11.3 Å². The summed E-state index contributed by atoms with van der Waals surface area (Å²) >= 11 is 0. The summed E-state index contributed by atoms with van der Waals surface area (Å²) in [4.78, 5) is 31.1. The molecule has 36 heavy (non-hydrogen) atoms. The fraction of sp³-hybridized carbons (Fsp3) is 0.320. The van der Waals surface area contributed by atoms with E-state index in [1.54, 1.807) is 57.0 Å². The van der Waals surface area contributed by atoms with E-state index in [1.165, 1.54) is 27.2 Å². The molecule has 4 rings (SSSR count). The van der Waals surface area contributed by atoms with Gasteiger partial charge in [-0.05, 0) is 25.1 Å². The van der Waals surface area contributed by atoms with Crippen LogP contribution >= 0.6 is 0 Å². The van der Waals surface area contributed by atoms with Gasteiger partial charge < -0.3 is 15.0 Å². The summed E-state index contributed by atoms with van der Waals surface area (Å²) in [5, 5.41) is 11.5. The van der Waals surface area contributed by atoms with E-state index in [4.69, 9.17) is 4.74 Å². The van der Waals surface area contributed by atoms with Crippen LogP contribution < -0.4 is 10.1 Å². The molecule has 0 fully saturated rings.